The lowest BCUT2D eigenvalue weighted by atomic mass is 10.1. The summed E-state index contributed by atoms with van der Waals surface area (Å²) in [7, 11) is 1.80. The summed E-state index contributed by atoms with van der Waals surface area (Å²) >= 11 is 0. The Bertz CT molecular complexity index is 444. The van der Waals surface area contributed by atoms with Crippen LogP contribution in [0.1, 0.15) is 12.0 Å². The number of nitrogen functional groups attached to an aromatic ring is 1. The molecule has 0 radical (unpaired) electrons. The number of amides is 1. The molecule has 0 bridgehead atoms. The van der Waals surface area contributed by atoms with E-state index in [0.717, 1.165) is 5.56 Å². The van der Waals surface area contributed by atoms with Crippen molar-refractivity contribution in [2.24, 2.45) is 0 Å². The molecule has 5 nitrogen and oxygen atoms in total. The Kier molecular flexibility index (Phi) is 5.15. The number of benzene rings is 1. The monoisotopic (exact) mass is 246 g/mol. The maximum atomic E-state index is 11.8. The molecule has 0 saturated carbocycles. The van der Waals surface area contributed by atoms with Gasteiger partial charge in [-0.2, -0.15) is 5.26 Å². The summed E-state index contributed by atoms with van der Waals surface area (Å²) in [5.41, 5.74) is 7.96. The molecule has 0 spiro atoms. The van der Waals surface area contributed by atoms with Crippen molar-refractivity contribution in [3.63, 3.8) is 0 Å². The molecule has 1 amide bonds. The summed E-state index contributed by atoms with van der Waals surface area (Å²) in [6, 6.07) is 7.54. The minimum absolute atomic E-state index is 0.128. The van der Waals surface area contributed by atoms with Crippen LogP contribution >= 0.6 is 0 Å². The summed E-state index contributed by atoms with van der Waals surface area (Å²) in [5.74, 6) is -0.128. The first-order chi connectivity index (χ1) is 8.54. The first-order valence-electron chi connectivity index (χ1n) is 5.75. The number of nitrogens with two attached hydrogens (primary N) is 1. The number of nitrogens with zero attached hydrogens (tertiary/aromatic N) is 2. The van der Waals surface area contributed by atoms with Gasteiger partial charge < -0.3 is 11.1 Å². The summed E-state index contributed by atoms with van der Waals surface area (Å²) < 4.78 is 0. The van der Waals surface area contributed by atoms with Gasteiger partial charge in [0.25, 0.3) is 0 Å². The largest absolute Gasteiger partial charge is 0.397 e. The number of nitriles is 1. The Hall–Kier alpha value is -2.06. The van der Waals surface area contributed by atoms with E-state index in [0.29, 0.717) is 24.3 Å². The number of hydrogen-bond donors (Lipinski definition) is 2. The maximum absolute atomic E-state index is 11.8. The molecule has 0 atom stereocenters. The van der Waals surface area contributed by atoms with Gasteiger partial charge in [0.15, 0.2) is 0 Å². The van der Waals surface area contributed by atoms with Gasteiger partial charge in [0, 0.05) is 13.0 Å². The molecule has 5 heteroatoms. The quantitative estimate of drug-likeness (QED) is 0.768. The van der Waals surface area contributed by atoms with Gasteiger partial charge in [0.1, 0.15) is 0 Å². The van der Waals surface area contributed by atoms with Crippen molar-refractivity contribution in [3.8, 4) is 6.07 Å². The van der Waals surface area contributed by atoms with Crippen LogP contribution in [0.2, 0.25) is 0 Å². The molecule has 3 N–H and O–H groups in total. The van der Waals surface area contributed by atoms with Crippen LogP contribution in [0.25, 0.3) is 0 Å². The maximum Gasteiger partial charge on any atom is 0.238 e. The predicted molar refractivity (Wildman–Crippen MR) is 71.9 cm³/mol. The number of hydrogen-bond acceptors (Lipinski definition) is 4. The van der Waals surface area contributed by atoms with E-state index in [-0.39, 0.29) is 12.5 Å². The number of carbonyl (C=O) groups is 1. The van der Waals surface area contributed by atoms with E-state index < -0.39 is 0 Å². The first-order valence-corrected chi connectivity index (χ1v) is 5.75. The summed E-state index contributed by atoms with van der Waals surface area (Å²) in [6.07, 6.45) is 0.413. The molecule has 0 fully saturated rings. The standard InChI is InChI=1S/C13H18N4O/c1-10-5-3-6-11(15)13(10)16-12(18)9-17(2)8-4-7-14/h3,5-6H,4,8-9,15H2,1-2H3,(H,16,18). The van der Waals surface area contributed by atoms with Crippen molar-refractivity contribution in [3.05, 3.63) is 23.8 Å². The van der Waals surface area contributed by atoms with Gasteiger partial charge >= 0.3 is 0 Å². The zero-order valence-corrected chi connectivity index (χ0v) is 10.7. The lowest BCUT2D eigenvalue weighted by Crippen LogP contribution is -2.31. The third kappa shape index (κ3) is 4.07. The third-order valence-electron chi connectivity index (χ3n) is 2.59. The molecular formula is C13H18N4O. The number of likely N-dealkylation sites (N-methyl/N-ethyl adjacent to an activating group) is 1. The zero-order valence-electron chi connectivity index (χ0n) is 10.7. The Morgan fingerprint density at radius 1 is 1.56 bits per heavy atom. The highest BCUT2D eigenvalue weighted by molar-refractivity contribution is 5.96. The predicted octanol–water partition coefficient (Wildman–Crippen LogP) is 1.36. The normalized spacial score (nSPS) is 10.1. The molecule has 0 unspecified atom stereocenters. The van der Waals surface area contributed by atoms with E-state index in [2.05, 4.69) is 5.32 Å². The van der Waals surface area contributed by atoms with Crippen LogP contribution < -0.4 is 11.1 Å². The van der Waals surface area contributed by atoms with Gasteiger partial charge in [-0.05, 0) is 25.6 Å². The van der Waals surface area contributed by atoms with Gasteiger partial charge in [-0.15, -0.1) is 0 Å². The van der Waals surface area contributed by atoms with Gasteiger partial charge in [-0.25, -0.2) is 0 Å². The average Bonchev–Trinajstić information content (AvgIpc) is 2.31. The number of para-hydroxylation sites is 1. The van der Waals surface area contributed by atoms with E-state index in [1.807, 2.05) is 25.1 Å². The third-order valence-corrected chi connectivity index (χ3v) is 2.59. The molecule has 18 heavy (non-hydrogen) atoms. The minimum Gasteiger partial charge on any atom is -0.397 e. The SMILES string of the molecule is Cc1cccc(N)c1NC(=O)CN(C)CCC#N. The van der Waals surface area contributed by atoms with Crippen LogP contribution in [-0.2, 0) is 4.79 Å². The van der Waals surface area contributed by atoms with E-state index in [4.69, 9.17) is 11.0 Å². The molecule has 0 saturated heterocycles. The molecule has 0 aliphatic carbocycles. The lowest BCUT2D eigenvalue weighted by Gasteiger charge is -2.16. The molecule has 0 aromatic heterocycles. The van der Waals surface area contributed by atoms with Crippen molar-refractivity contribution in [2.75, 3.05) is 31.2 Å². The second-order valence-corrected chi connectivity index (χ2v) is 4.23. The molecule has 1 aromatic rings. The van der Waals surface area contributed by atoms with Gasteiger partial charge in [-0.3, -0.25) is 9.69 Å². The Morgan fingerprint density at radius 2 is 2.28 bits per heavy atom. The van der Waals surface area contributed by atoms with Crippen LogP contribution in [0.4, 0.5) is 11.4 Å². The molecule has 1 rings (SSSR count). The summed E-state index contributed by atoms with van der Waals surface area (Å²) in [5, 5.41) is 11.3. The van der Waals surface area contributed by atoms with Crippen LogP contribution in [0, 0.1) is 18.3 Å². The minimum atomic E-state index is -0.128. The molecule has 0 aliphatic heterocycles. The molecular weight excluding hydrogens is 228 g/mol. The van der Waals surface area contributed by atoms with E-state index in [1.54, 1.807) is 18.0 Å². The molecule has 1 aromatic carbocycles. The Balaban J connectivity index is 2.57. The molecule has 96 valence electrons. The van der Waals surface area contributed by atoms with Gasteiger partial charge in [0.05, 0.1) is 24.0 Å². The summed E-state index contributed by atoms with van der Waals surface area (Å²) in [6.45, 7) is 2.72. The number of carbonyl (C=O) groups excluding carboxylic acids is 1. The van der Waals surface area contributed by atoms with Crippen molar-refractivity contribution in [1.29, 1.82) is 5.26 Å². The number of rotatable bonds is 5. The van der Waals surface area contributed by atoms with Crippen molar-refractivity contribution < 1.29 is 4.79 Å². The average molecular weight is 246 g/mol. The lowest BCUT2D eigenvalue weighted by molar-refractivity contribution is -0.117. The fraction of sp³-hybridized carbons (Fsp3) is 0.385. The van der Waals surface area contributed by atoms with Gasteiger partial charge in [0.2, 0.25) is 5.91 Å². The second kappa shape index (κ2) is 6.62. The topological polar surface area (TPSA) is 82.2 Å². The fourth-order valence-corrected chi connectivity index (χ4v) is 1.61. The number of nitrogens with one attached hydrogen (secondary N) is 1. The van der Waals surface area contributed by atoms with E-state index in [9.17, 15) is 4.79 Å². The first kappa shape index (κ1) is 14.0. The Labute approximate surface area is 107 Å². The van der Waals surface area contributed by atoms with Crippen LogP contribution in [0.5, 0.6) is 0 Å². The fourth-order valence-electron chi connectivity index (χ4n) is 1.61. The van der Waals surface area contributed by atoms with Crippen molar-refractivity contribution >= 4 is 17.3 Å². The van der Waals surface area contributed by atoms with Gasteiger partial charge in [-0.1, -0.05) is 12.1 Å². The smallest absolute Gasteiger partial charge is 0.238 e. The zero-order chi connectivity index (χ0) is 13.5. The van der Waals surface area contributed by atoms with Crippen LogP contribution in [0.3, 0.4) is 0 Å². The highest BCUT2D eigenvalue weighted by Gasteiger charge is 2.09. The van der Waals surface area contributed by atoms with Crippen LogP contribution in [0.15, 0.2) is 18.2 Å². The highest BCUT2D eigenvalue weighted by Crippen LogP contribution is 2.22. The molecule has 0 heterocycles. The van der Waals surface area contributed by atoms with Crippen LogP contribution in [-0.4, -0.2) is 30.9 Å². The molecule has 0 aliphatic rings. The van der Waals surface area contributed by atoms with E-state index >= 15 is 0 Å². The number of anilines is 2. The summed E-state index contributed by atoms with van der Waals surface area (Å²) in [4.78, 5) is 13.6. The van der Waals surface area contributed by atoms with Crippen molar-refractivity contribution in [2.45, 2.75) is 13.3 Å². The van der Waals surface area contributed by atoms with Crippen molar-refractivity contribution in [1.82, 2.24) is 4.90 Å². The number of aryl methyl sites for hydroxylation is 1. The Morgan fingerprint density at radius 3 is 2.89 bits per heavy atom. The highest BCUT2D eigenvalue weighted by atomic mass is 16.2. The second-order valence-electron chi connectivity index (χ2n) is 4.23. The van der Waals surface area contributed by atoms with E-state index in [1.165, 1.54) is 0 Å².